The molecule has 4 rings (SSSR count). The van der Waals surface area contributed by atoms with Crippen molar-refractivity contribution in [3.8, 4) is 0 Å². The third-order valence-corrected chi connectivity index (χ3v) is 6.09. The average molecular weight is 447 g/mol. The zero-order valence-corrected chi connectivity index (χ0v) is 17.1. The number of carbonyl (C=O) groups is 3. The summed E-state index contributed by atoms with van der Waals surface area (Å²) >= 11 is 12.3. The molecule has 146 valence electrons. The second-order valence-corrected chi connectivity index (χ2v) is 8.48. The molecule has 2 saturated heterocycles. The van der Waals surface area contributed by atoms with Crippen LogP contribution >= 0.6 is 35.6 Å². The number of hydrogen-bond donors (Lipinski definition) is 0. The Kier molecular flexibility index (Phi) is 5.24. The standard InChI is InChI=1S/C20H12ClFN2O3S2/c21-12-3-1-11(2-4-12)9-16-19(27)24(20(28)29-16)15-10-17(25)23(18(15)26)14-7-5-13(22)6-8-14/h1-9,15H,10H2/b16-9-. The molecular formula is C20H12ClFN2O3S2. The summed E-state index contributed by atoms with van der Waals surface area (Å²) in [6.45, 7) is 0. The third kappa shape index (κ3) is 3.71. The normalized spacial score (nSPS) is 21.0. The minimum atomic E-state index is -1.02. The van der Waals surface area contributed by atoms with E-state index in [9.17, 15) is 18.8 Å². The Labute approximate surface area is 180 Å². The van der Waals surface area contributed by atoms with Gasteiger partial charge in [0.2, 0.25) is 5.91 Å². The van der Waals surface area contributed by atoms with E-state index in [0.29, 0.717) is 9.93 Å². The van der Waals surface area contributed by atoms with Crippen LogP contribution in [-0.4, -0.2) is 33.0 Å². The predicted octanol–water partition coefficient (Wildman–Crippen LogP) is 4.01. The summed E-state index contributed by atoms with van der Waals surface area (Å²) in [5, 5.41) is 0.575. The van der Waals surface area contributed by atoms with Crippen molar-refractivity contribution in [1.82, 2.24) is 4.90 Å². The number of benzene rings is 2. The third-order valence-electron chi connectivity index (χ3n) is 4.51. The van der Waals surface area contributed by atoms with Crippen LogP contribution in [0.3, 0.4) is 0 Å². The maximum Gasteiger partial charge on any atom is 0.266 e. The van der Waals surface area contributed by atoms with E-state index in [1.807, 2.05) is 0 Å². The first-order chi connectivity index (χ1) is 13.8. The Hall–Kier alpha value is -2.55. The molecule has 2 aliphatic rings. The molecule has 3 amide bonds. The van der Waals surface area contributed by atoms with Crippen LogP contribution in [0.2, 0.25) is 5.02 Å². The molecule has 5 nitrogen and oxygen atoms in total. The van der Waals surface area contributed by atoms with Gasteiger partial charge in [0.05, 0.1) is 17.0 Å². The van der Waals surface area contributed by atoms with E-state index in [4.69, 9.17) is 23.8 Å². The summed E-state index contributed by atoms with van der Waals surface area (Å²) in [5.74, 6) is -1.94. The van der Waals surface area contributed by atoms with Gasteiger partial charge in [-0.15, -0.1) is 0 Å². The molecule has 29 heavy (non-hydrogen) atoms. The molecule has 2 aromatic carbocycles. The fourth-order valence-corrected chi connectivity index (χ4v) is 4.62. The largest absolute Gasteiger partial charge is 0.280 e. The van der Waals surface area contributed by atoms with Crippen LogP contribution < -0.4 is 4.90 Å². The second-order valence-electron chi connectivity index (χ2n) is 6.37. The second kappa shape index (κ2) is 7.70. The van der Waals surface area contributed by atoms with Crippen molar-refractivity contribution in [2.75, 3.05) is 4.90 Å². The summed E-state index contributed by atoms with van der Waals surface area (Å²) < 4.78 is 13.4. The van der Waals surface area contributed by atoms with Crippen LogP contribution in [0, 0.1) is 5.82 Å². The topological polar surface area (TPSA) is 57.7 Å². The molecule has 9 heteroatoms. The predicted molar refractivity (Wildman–Crippen MR) is 114 cm³/mol. The first kappa shape index (κ1) is 19.8. The van der Waals surface area contributed by atoms with Gasteiger partial charge < -0.3 is 0 Å². The first-order valence-electron chi connectivity index (χ1n) is 8.50. The number of thiocarbonyl (C=S) groups is 1. The van der Waals surface area contributed by atoms with Crippen LogP contribution in [-0.2, 0) is 14.4 Å². The molecule has 2 fully saturated rings. The van der Waals surface area contributed by atoms with Crippen LogP contribution in [0.25, 0.3) is 6.08 Å². The lowest BCUT2D eigenvalue weighted by Crippen LogP contribution is -2.44. The lowest BCUT2D eigenvalue weighted by molar-refractivity contribution is -0.129. The number of thioether (sulfide) groups is 1. The molecule has 1 unspecified atom stereocenters. The van der Waals surface area contributed by atoms with Crippen molar-refractivity contribution in [3.63, 3.8) is 0 Å². The molecule has 0 saturated carbocycles. The molecule has 2 aliphatic heterocycles. The summed E-state index contributed by atoms with van der Waals surface area (Å²) in [4.78, 5) is 40.8. The van der Waals surface area contributed by atoms with Gasteiger partial charge in [-0.2, -0.15) is 0 Å². The summed E-state index contributed by atoms with van der Waals surface area (Å²) in [6.07, 6.45) is 1.48. The number of carbonyl (C=O) groups excluding carboxylic acids is 3. The summed E-state index contributed by atoms with van der Waals surface area (Å²) in [5.41, 5.74) is 1.02. The molecule has 0 bridgehead atoms. The molecule has 0 aromatic heterocycles. The van der Waals surface area contributed by atoms with Gasteiger partial charge in [-0.1, -0.05) is 47.7 Å². The van der Waals surface area contributed by atoms with Crippen LogP contribution in [0.4, 0.5) is 10.1 Å². The van der Waals surface area contributed by atoms with Crippen molar-refractivity contribution in [3.05, 3.63) is 69.8 Å². The van der Waals surface area contributed by atoms with Crippen LogP contribution in [0.1, 0.15) is 12.0 Å². The van der Waals surface area contributed by atoms with Gasteiger partial charge in [0, 0.05) is 5.02 Å². The van der Waals surface area contributed by atoms with E-state index < -0.39 is 29.6 Å². The Bertz CT molecular complexity index is 1070. The number of rotatable bonds is 3. The molecule has 0 aliphatic carbocycles. The lowest BCUT2D eigenvalue weighted by atomic mass is 10.2. The number of amides is 3. The maximum absolute atomic E-state index is 13.2. The van der Waals surface area contributed by atoms with Gasteiger partial charge in [0.25, 0.3) is 11.8 Å². The van der Waals surface area contributed by atoms with Gasteiger partial charge in [0.15, 0.2) is 0 Å². The van der Waals surface area contributed by atoms with E-state index >= 15 is 0 Å². The smallest absolute Gasteiger partial charge is 0.266 e. The molecule has 2 heterocycles. The summed E-state index contributed by atoms with van der Waals surface area (Å²) in [6, 6.07) is 10.9. The minimum Gasteiger partial charge on any atom is -0.280 e. The number of imide groups is 1. The van der Waals surface area contributed by atoms with Crippen LogP contribution in [0.5, 0.6) is 0 Å². The number of nitrogens with zero attached hydrogens (tertiary/aromatic N) is 2. The Morgan fingerprint density at radius 1 is 1.07 bits per heavy atom. The highest BCUT2D eigenvalue weighted by atomic mass is 35.5. The van der Waals surface area contributed by atoms with Gasteiger partial charge in [-0.25, -0.2) is 9.29 Å². The Morgan fingerprint density at radius 2 is 1.72 bits per heavy atom. The van der Waals surface area contributed by atoms with Crippen molar-refractivity contribution in [1.29, 1.82) is 0 Å². The number of halogens is 2. The average Bonchev–Trinajstić information content (AvgIpc) is 3.12. The molecule has 2 aromatic rings. The fourth-order valence-electron chi connectivity index (χ4n) is 3.14. The molecule has 1 atom stereocenters. The van der Waals surface area contributed by atoms with Crippen molar-refractivity contribution < 1.29 is 18.8 Å². The minimum absolute atomic E-state index is 0.184. The van der Waals surface area contributed by atoms with Crippen LogP contribution in [0.15, 0.2) is 53.4 Å². The fraction of sp³-hybridized carbons (Fsp3) is 0.100. The summed E-state index contributed by atoms with van der Waals surface area (Å²) in [7, 11) is 0. The highest BCUT2D eigenvalue weighted by Gasteiger charge is 2.48. The van der Waals surface area contributed by atoms with Crippen molar-refractivity contribution in [2.45, 2.75) is 12.5 Å². The van der Waals surface area contributed by atoms with Gasteiger partial charge >= 0.3 is 0 Å². The van der Waals surface area contributed by atoms with E-state index in [1.54, 1.807) is 30.3 Å². The zero-order valence-electron chi connectivity index (χ0n) is 14.7. The van der Waals surface area contributed by atoms with Crippen molar-refractivity contribution >= 4 is 69.4 Å². The molecule has 0 radical (unpaired) electrons. The number of hydrogen-bond acceptors (Lipinski definition) is 5. The molecular weight excluding hydrogens is 435 g/mol. The van der Waals surface area contributed by atoms with Gasteiger partial charge in [0.1, 0.15) is 16.2 Å². The van der Waals surface area contributed by atoms with E-state index in [-0.39, 0.29) is 16.4 Å². The van der Waals surface area contributed by atoms with Gasteiger partial charge in [-0.3, -0.25) is 19.3 Å². The number of anilines is 1. The van der Waals surface area contributed by atoms with E-state index in [2.05, 4.69) is 0 Å². The van der Waals surface area contributed by atoms with Gasteiger partial charge in [-0.05, 0) is 48.0 Å². The molecule has 0 spiro atoms. The Balaban J connectivity index is 1.59. The highest BCUT2D eigenvalue weighted by Crippen LogP contribution is 2.37. The van der Waals surface area contributed by atoms with E-state index in [1.165, 1.54) is 17.0 Å². The van der Waals surface area contributed by atoms with E-state index in [0.717, 1.165) is 34.4 Å². The zero-order chi connectivity index (χ0) is 20.7. The highest BCUT2D eigenvalue weighted by molar-refractivity contribution is 8.26. The Morgan fingerprint density at radius 3 is 2.38 bits per heavy atom. The van der Waals surface area contributed by atoms with Crippen molar-refractivity contribution in [2.24, 2.45) is 0 Å². The quantitative estimate of drug-likeness (QED) is 0.405. The monoisotopic (exact) mass is 446 g/mol. The molecule has 0 N–H and O–H groups in total. The first-order valence-corrected chi connectivity index (χ1v) is 10.1. The maximum atomic E-state index is 13.2. The SMILES string of the molecule is O=C1CC(N2C(=O)/C(=C/c3ccc(Cl)cc3)SC2=S)C(=O)N1c1ccc(F)cc1. The lowest BCUT2D eigenvalue weighted by Gasteiger charge is -2.21.